The minimum atomic E-state index is 0. The lowest BCUT2D eigenvalue weighted by Crippen LogP contribution is -2.47. The van der Waals surface area contributed by atoms with Gasteiger partial charge in [0.15, 0.2) is 5.96 Å². The molecule has 0 aromatic heterocycles. The third-order valence-electron chi connectivity index (χ3n) is 5.67. The van der Waals surface area contributed by atoms with Crippen LogP contribution < -0.4 is 20.9 Å². The molecule has 30 heavy (non-hydrogen) atoms. The Morgan fingerprint density at radius 2 is 1.80 bits per heavy atom. The number of benzene rings is 1. The first-order valence-corrected chi connectivity index (χ1v) is 11.0. The summed E-state index contributed by atoms with van der Waals surface area (Å²) in [6, 6.07) is 8.41. The summed E-state index contributed by atoms with van der Waals surface area (Å²) in [4.78, 5) is 20.6. The highest BCUT2D eigenvalue weighted by atomic mass is 127. The molecule has 0 bridgehead atoms. The van der Waals surface area contributed by atoms with E-state index in [2.05, 4.69) is 55.0 Å². The predicted octanol–water partition coefficient (Wildman–Crippen LogP) is 2.17. The molecule has 2 aliphatic heterocycles. The molecule has 0 saturated carbocycles. The molecule has 7 nitrogen and oxygen atoms in total. The maximum Gasteiger partial charge on any atom is 0.239 e. The van der Waals surface area contributed by atoms with Crippen LogP contribution in [0.3, 0.4) is 0 Å². The highest BCUT2D eigenvalue weighted by Crippen LogP contribution is 2.16. The van der Waals surface area contributed by atoms with Crippen LogP contribution >= 0.6 is 24.0 Å². The number of nitrogens with one attached hydrogen (secondary N) is 3. The van der Waals surface area contributed by atoms with Gasteiger partial charge < -0.3 is 25.8 Å². The Morgan fingerprint density at radius 3 is 2.47 bits per heavy atom. The third-order valence-corrected chi connectivity index (χ3v) is 5.67. The Hall–Kier alpha value is -1.55. The van der Waals surface area contributed by atoms with E-state index in [9.17, 15) is 4.79 Å². The molecule has 2 saturated heterocycles. The zero-order chi connectivity index (χ0) is 20.3. The molecular formula is C22H37IN6O. The molecule has 8 heteroatoms. The molecule has 0 radical (unpaired) electrons. The zero-order valence-electron chi connectivity index (χ0n) is 18.2. The summed E-state index contributed by atoms with van der Waals surface area (Å²) in [5, 5.41) is 9.67. The number of hydrogen-bond donors (Lipinski definition) is 3. The fraction of sp³-hybridized carbons (Fsp3) is 0.636. The molecule has 0 atom stereocenters. The van der Waals surface area contributed by atoms with Crippen LogP contribution in [0.15, 0.2) is 29.3 Å². The van der Waals surface area contributed by atoms with Gasteiger partial charge in [-0.2, -0.15) is 0 Å². The standard InChI is InChI=1S/C22H36N6O.HI/c1-23-22(25-11-6-15-27-13-4-2-3-5-14-27)26-17-19-7-9-20(10-8-19)28-16-12-24-21(29)18-28;/h7-10H,2-6,11-18H2,1H3,(H,24,29)(H2,23,25,26);1H. The van der Waals surface area contributed by atoms with Crippen molar-refractivity contribution in [2.24, 2.45) is 4.99 Å². The number of likely N-dealkylation sites (tertiary alicyclic amines) is 1. The van der Waals surface area contributed by atoms with Crippen LogP contribution in [0.2, 0.25) is 0 Å². The molecule has 2 fully saturated rings. The van der Waals surface area contributed by atoms with E-state index < -0.39 is 0 Å². The number of halogens is 1. The molecule has 0 unspecified atom stereocenters. The number of aliphatic imine (C=N–C) groups is 1. The van der Waals surface area contributed by atoms with Crippen molar-refractivity contribution in [1.29, 1.82) is 0 Å². The number of hydrogen-bond acceptors (Lipinski definition) is 4. The first kappa shape index (κ1) is 24.7. The number of nitrogens with zero attached hydrogens (tertiary/aromatic N) is 3. The molecule has 3 rings (SSSR count). The van der Waals surface area contributed by atoms with Gasteiger partial charge in [-0.3, -0.25) is 9.79 Å². The van der Waals surface area contributed by atoms with Gasteiger partial charge in [0.25, 0.3) is 0 Å². The van der Waals surface area contributed by atoms with Gasteiger partial charge in [-0.15, -0.1) is 24.0 Å². The van der Waals surface area contributed by atoms with Crippen molar-refractivity contribution in [2.45, 2.75) is 38.6 Å². The van der Waals surface area contributed by atoms with E-state index in [1.165, 1.54) is 50.9 Å². The topological polar surface area (TPSA) is 72.0 Å². The largest absolute Gasteiger partial charge is 0.360 e. The predicted molar refractivity (Wildman–Crippen MR) is 135 cm³/mol. The Labute approximate surface area is 198 Å². The van der Waals surface area contributed by atoms with E-state index in [1.807, 2.05) is 7.05 Å². The number of rotatable bonds is 7. The van der Waals surface area contributed by atoms with E-state index >= 15 is 0 Å². The van der Waals surface area contributed by atoms with Crippen LogP contribution in [-0.4, -0.2) is 69.6 Å². The van der Waals surface area contributed by atoms with E-state index in [1.54, 1.807) is 0 Å². The number of carbonyl (C=O) groups is 1. The summed E-state index contributed by atoms with van der Waals surface area (Å²) in [6.45, 7) is 7.35. The smallest absolute Gasteiger partial charge is 0.239 e. The summed E-state index contributed by atoms with van der Waals surface area (Å²) >= 11 is 0. The van der Waals surface area contributed by atoms with Gasteiger partial charge in [-0.1, -0.05) is 25.0 Å². The van der Waals surface area contributed by atoms with Crippen LogP contribution in [0.4, 0.5) is 5.69 Å². The zero-order valence-corrected chi connectivity index (χ0v) is 20.5. The van der Waals surface area contributed by atoms with Crippen molar-refractivity contribution in [3.63, 3.8) is 0 Å². The average Bonchev–Trinajstić information content (AvgIpc) is 3.02. The Morgan fingerprint density at radius 1 is 1.07 bits per heavy atom. The lowest BCUT2D eigenvalue weighted by atomic mass is 10.2. The third kappa shape index (κ3) is 8.29. The minimum Gasteiger partial charge on any atom is -0.360 e. The van der Waals surface area contributed by atoms with E-state index in [0.717, 1.165) is 37.7 Å². The maximum absolute atomic E-state index is 11.6. The average molecular weight is 528 g/mol. The van der Waals surface area contributed by atoms with Crippen molar-refractivity contribution in [3.05, 3.63) is 29.8 Å². The lowest BCUT2D eigenvalue weighted by Gasteiger charge is -2.28. The maximum atomic E-state index is 11.6. The van der Waals surface area contributed by atoms with E-state index in [0.29, 0.717) is 13.1 Å². The van der Waals surface area contributed by atoms with Crippen molar-refractivity contribution in [2.75, 3.05) is 57.8 Å². The molecule has 2 aliphatic rings. The van der Waals surface area contributed by atoms with Crippen LogP contribution in [0.1, 0.15) is 37.7 Å². The Balaban J connectivity index is 0.00000320. The molecular weight excluding hydrogens is 491 g/mol. The second-order valence-electron chi connectivity index (χ2n) is 7.90. The van der Waals surface area contributed by atoms with Gasteiger partial charge in [-0.05, 0) is 56.6 Å². The number of amides is 1. The lowest BCUT2D eigenvalue weighted by molar-refractivity contribution is -0.120. The number of carbonyl (C=O) groups excluding carboxylic acids is 1. The SMILES string of the molecule is CN=C(NCCCN1CCCCCC1)NCc1ccc(N2CCNC(=O)C2)cc1.I. The minimum absolute atomic E-state index is 0. The monoisotopic (exact) mass is 528 g/mol. The van der Waals surface area contributed by atoms with Crippen LogP contribution in [0.5, 0.6) is 0 Å². The van der Waals surface area contributed by atoms with E-state index in [-0.39, 0.29) is 29.9 Å². The van der Waals surface area contributed by atoms with E-state index in [4.69, 9.17) is 0 Å². The summed E-state index contributed by atoms with van der Waals surface area (Å²) in [6.07, 6.45) is 6.61. The first-order valence-electron chi connectivity index (χ1n) is 11.0. The normalized spacial score (nSPS) is 18.2. The van der Waals surface area contributed by atoms with Crippen molar-refractivity contribution < 1.29 is 4.79 Å². The molecule has 1 aromatic carbocycles. The second-order valence-corrected chi connectivity index (χ2v) is 7.90. The summed E-state index contributed by atoms with van der Waals surface area (Å²) in [5.41, 5.74) is 2.29. The van der Waals surface area contributed by atoms with Crippen molar-refractivity contribution >= 4 is 41.5 Å². The van der Waals surface area contributed by atoms with Crippen molar-refractivity contribution in [3.8, 4) is 0 Å². The van der Waals surface area contributed by atoms with Gasteiger partial charge in [0.1, 0.15) is 0 Å². The molecule has 0 aliphatic carbocycles. The van der Waals surface area contributed by atoms with Gasteiger partial charge in [0.2, 0.25) is 5.91 Å². The molecule has 2 heterocycles. The summed E-state index contributed by atoms with van der Waals surface area (Å²) in [7, 11) is 1.81. The highest BCUT2D eigenvalue weighted by Gasteiger charge is 2.16. The fourth-order valence-corrected chi connectivity index (χ4v) is 3.96. The number of guanidine groups is 1. The fourth-order valence-electron chi connectivity index (χ4n) is 3.96. The first-order chi connectivity index (χ1) is 14.2. The van der Waals surface area contributed by atoms with Gasteiger partial charge in [-0.25, -0.2) is 0 Å². The van der Waals surface area contributed by atoms with Gasteiger partial charge in [0.05, 0.1) is 6.54 Å². The Bertz CT molecular complexity index is 658. The molecule has 168 valence electrons. The van der Waals surface area contributed by atoms with Crippen molar-refractivity contribution in [1.82, 2.24) is 20.9 Å². The van der Waals surface area contributed by atoms with Crippen LogP contribution in [-0.2, 0) is 11.3 Å². The van der Waals surface area contributed by atoms with Crippen LogP contribution in [0, 0.1) is 0 Å². The van der Waals surface area contributed by atoms with Gasteiger partial charge in [0, 0.05) is 38.9 Å². The molecule has 0 spiro atoms. The molecule has 3 N–H and O–H groups in total. The van der Waals surface area contributed by atoms with Gasteiger partial charge >= 0.3 is 0 Å². The molecule has 1 aromatic rings. The summed E-state index contributed by atoms with van der Waals surface area (Å²) in [5.74, 6) is 0.936. The summed E-state index contributed by atoms with van der Waals surface area (Å²) < 4.78 is 0. The van der Waals surface area contributed by atoms with Crippen LogP contribution in [0.25, 0.3) is 0 Å². The quantitative estimate of drug-likeness (QED) is 0.219. The highest BCUT2D eigenvalue weighted by molar-refractivity contribution is 14.0. The molecule has 1 amide bonds. The second kappa shape index (κ2) is 13.7. The Kier molecular flexibility index (Phi) is 11.3. The number of piperazine rings is 1. The number of anilines is 1.